The Labute approximate surface area is 114 Å². The van der Waals surface area contributed by atoms with Crippen molar-refractivity contribution in [2.75, 3.05) is 7.11 Å². The first-order valence-electron chi connectivity index (χ1n) is 5.56. The highest BCUT2D eigenvalue weighted by Gasteiger charge is 2.06. The van der Waals surface area contributed by atoms with Crippen LogP contribution in [0.5, 0.6) is 5.75 Å². The molecule has 1 heterocycles. The molecule has 0 fully saturated rings. The Hall–Kier alpha value is -1.55. The number of rotatable bonds is 3. The smallest absolute Gasteiger partial charge is 0.254 e. The molecule has 1 aromatic carbocycles. The van der Waals surface area contributed by atoms with Gasteiger partial charge in [-0.15, -0.1) is 0 Å². The van der Waals surface area contributed by atoms with Crippen molar-refractivity contribution in [3.8, 4) is 17.0 Å². The van der Waals surface area contributed by atoms with Crippen molar-refractivity contribution in [2.24, 2.45) is 7.05 Å². The highest BCUT2D eigenvalue weighted by Crippen LogP contribution is 2.21. The lowest BCUT2D eigenvalue weighted by atomic mass is 10.1. The fourth-order valence-electron chi connectivity index (χ4n) is 1.84. The molecule has 0 N–H and O–H groups in total. The van der Waals surface area contributed by atoms with Gasteiger partial charge in [-0.2, -0.15) is 0 Å². The zero-order valence-corrected chi connectivity index (χ0v) is 11.9. The molecule has 0 saturated heterocycles. The maximum atomic E-state index is 12.0. The van der Waals surface area contributed by atoms with Crippen LogP contribution in [0.15, 0.2) is 41.2 Å². The van der Waals surface area contributed by atoms with Gasteiger partial charge in [-0.1, -0.05) is 22.0 Å². The van der Waals surface area contributed by atoms with Crippen molar-refractivity contribution in [3.63, 3.8) is 0 Å². The molecule has 0 aliphatic carbocycles. The molecule has 0 aliphatic heterocycles. The van der Waals surface area contributed by atoms with E-state index in [0.29, 0.717) is 5.33 Å². The van der Waals surface area contributed by atoms with E-state index in [2.05, 4.69) is 15.9 Å². The van der Waals surface area contributed by atoms with Crippen molar-refractivity contribution >= 4 is 15.9 Å². The van der Waals surface area contributed by atoms with Crippen molar-refractivity contribution in [2.45, 2.75) is 5.33 Å². The minimum absolute atomic E-state index is 0.0280. The van der Waals surface area contributed by atoms with Gasteiger partial charge in [-0.25, -0.2) is 0 Å². The molecule has 2 rings (SSSR count). The van der Waals surface area contributed by atoms with Gasteiger partial charge in [0, 0.05) is 17.9 Å². The summed E-state index contributed by atoms with van der Waals surface area (Å²) in [4.78, 5) is 12.0. The average molecular weight is 308 g/mol. The second-order valence-corrected chi connectivity index (χ2v) is 4.53. The number of hydrogen-bond donors (Lipinski definition) is 0. The van der Waals surface area contributed by atoms with Crippen LogP contribution in [-0.4, -0.2) is 11.7 Å². The second kappa shape index (κ2) is 5.40. The number of methoxy groups -OCH3 is 1. The third kappa shape index (κ3) is 2.34. The van der Waals surface area contributed by atoms with E-state index < -0.39 is 0 Å². The molecule has 0 bridgehead atoms. The fraction of sp³-hybridized carbons (Fsp3) is 0.214. The summed E-state index contributed by atoms with van der Waals surface area (Å²) in [6, 6.07) is 11.5. The lowest BCUT2D eigenvalue weighted by Crippen LogP contribution is -2.21. The van der Waals surface area contributed by atoms with Crippen LogP contribution < -0.4 is 10.3 Å². The highest BCUT2D eigenvalue weighted by molar-refractivity contribution is 9.08. The number of alkyl halides is 1. The topological polar surface area (TPSA) is 31.2 Å². The van der Waals surface area contributed by atoms with Crippen LogP contribution in [0.2, 0.25) is 0 Å². The Morgan fingerprint density at radius 2 is 1.83 bits per heavy atom. The predicted molar refractivity (Wildman–Crippen MR) is 76.3 cm³/mol. The molecule has 0 radical (unpaired) electrons. The Morgan fingerprint density at radius 3 is 2.39 bits per heavy atom. The number of aromatic nitrogens is 1. The summed E-state index contributed by atoms with van der Waals surface area (Å²) >= 11 is 3.31. The molecular weight excluding hydrogens is 294 g/mol. The van der Waals surface area contributed by atoms with Crippen LogP contribution in [0.1, 0.15) is 5.56 Å². The molecular formula is C14H14BrNO2. The first-order chi connectivity index (χ1) is 8.67. The number of nitrogens with zero attached hydrogens (tertiary/aromatic N) is 1. The summed E-state index contributed by atoms with van der Waals surface area (Å²) < 4.78 is 6.79. The monoisotopic (exact) mass is 307 g/mol. The minimum atomic E-state index is 0.0280. The van der Waals surface area contributed by atoms with E-state index in [0.717, 1.165) is 22.6 Å². The third-order valence-electron chi connectivity index (χ3n) is 2.91. The van der Waals surface area contributed by atoms with Gasteiger partial charge >= 0.3 is 0 Å². The first-order valence-corrected chi connectivity index (χ1v) is 6.69. The van der Waals surface area contributed by atoms with Gasteiger partial charge in [0.1, 0.15) is 5.75 Å². The van der Waals surface area contributed by atoms with Gasteiger partial charge in [0.05, 0.1) is 12.8 Å². The van der Waals surface area contributed by atoms with Crippen LogP contribution in [0.4, 0.5) is 0 Å². The van der Waals surface area contributed by atoms with Crippen LogP contribution in [-0.2, 0) is 12.4 Å². The van der Waals surface area contributed by atoms with Crippen molar-refractivity contribution in [1.82, 2.24) is 4.57 Å². The zero-order valence-electron chi connectivity index (χ0n) is 10.3. The summed E-state index contributed by atoms with van der Waals surface area (Å²) in [5.74, 6) is 0.806. The van der Waals surface area contributed by atoms with Crippen LogP contribution in [0.25, 0.3) is 11.3 Å². The van der Waals surface area contributed by atoms with Crippen LogP contribution >= 0.6 is 15.9 Å². The van der Waals surface area contributed by atoms with E-state index in [9.17, 15) is 4.79 Å². The molecule has 94 valence electrons. The molecule has 0 spiro atoms. The van der Waals surface area contributed by atoms with E-state index >= 15 is 0 Å². The van der Waals surface area contributed by atoms with Gasteiger partial charge in [0.2, 0.25) is 0 Å². The molecule has 0 unspecified atom stereocenters. The summed E-state index contributed by atoms with van der Waals surface area (Å²) in [5.41, 5.74) is 2.68. The Balaban J connectivity index is 2.50. The van der Waals surface area contributed by atoms with Crippen molar-refractivity contribution < 1.29 is 4.74 Å². The van der Waals surface area contributed by atoms with Crippen molar-refractivity contribution in [1.29, 1.82) is 0 Å². The van der Waals surface area contributed by atoms with Gasteiger partial charge in [-0.3, -0.25) is 4.79 Å². The summed E-state index contributed by atoms with van der Waals surface area (Å²) in [6.45, 7) is 0. The number of hydrogen-bond acceptors (Lipinski definition) is 2. The van der Waals surface area contributed by atoms with Crippen molar-refractivity contribution in [3.05, 3.63) is 52.3 Å². The SMILES string of the molecule is COc1ccc(-c2ccc(CBr)c(=O)n2C)cc1. The molecule has 0 aliphatic rings. The summed E-state index contributed by atoms with van der Waals surface area (Å²) in [7, 11) is 3.42. The maximum absolute atomic E-state index is 12.0. The molecule has 0 atom stereocenters. The quantitative estimate of drug-likeness (QED) is 0.816. The molecule has 2 aromatic rings. The van der Waals surface area contributed by atoms with Crippen LogP contribution in [0, 0.1) is 0 Å². The Morgan fingerprint density at radius 1 is 1.17 bits per heavy atom. The van der Waals surface area contributed by atoms with E-state index in [-0.39, 0.29) is 5.56 Å². The Kier molecular flexibility index (Phi) is 3.87. The summed E-state index contributed by atoms with van der Waals surface area (Å²) in [5, 5.41) is 0.572. The lowest BCUT2D eigenvalue weighted by Gasteiger charge is -2.10. The molecule has 4 heteroatoms. The van der Waals surface area contributed by atoms with Gasteiger partial charge in [-0.05, 0) is 35.9 Å². The average Bonchev–Trinajstić information content (AvgIpc) is 2.42. The molecule has 1 aromatic heterocycles. The first kappa shape index (κ1) is 12.9. The normalized spacial score (nSPS) is 10.4. The number of halogens is 1. The Bertz CT molecular complexity index is 602. The molecule has 18 heavy (non-hydrogen) atoms. The van der Waals surface area contributed by atoms with E-state index in [1.54, 1.807) is 18.7 Å². The van der Waals surface area contributed by atoms with Gasteiger partial charge in [0.15, 0.2) is 0 Å². The largest absolute Gasteiger partial charge is 0.497 e. The lowest BCUT2D eigenvalue weighted by molar-refractivity contribution is 0.415. The van der Waals surface area contributed by atoms with E-state index in [1.807, 2.05) is 36.4 Å². The maximum Gasteiger partial charge on any atom is 0.254 e. The standard InChI is InChI=1S/C14H14BrNO2/c1-16-13(8-5-11(9-15)14(16)17)10-3-6-12(18-2)7-4-10/h3-8H,9H2,1-2H3. The molecule has 3 nitrogen and oxygen atoms in total. The van der Waals surface area contributed by atoms with E-state index in [4.69, 9.17) is 4.74 Å². The third-order valence-corrected chi connectivity index (χ3v) is 3.52. The van der Waals surface area contributed by atoms with E-state index in [1.165, 1.54) is 0 Å². The zero-order chi connectivity index (χ0) is 13.1. The molecule has 0 saturated carbocycles. The van der Waals surface area contributed by atoms with Crippen LogP contribution in [0.3, 0.4) is 0 Å². The second-order valence-electron chi connectivity index (χ2n) is 3.97. The van der Waals surface area contributed by atoms with Gasteiger partial charge < -0.3 is 9.30 Å². The summed E-state index contributed by atoms with van der Waals surface area (Å²) in [6.07, 6.45) is 0. The fourth-order valence-corrected chi connectivity index (χ4v) is 2.27. The predicted octanol–water partition coefficient (Wildman–Crippen LogP) is 2.96. The van der Waals surface area contributed by atoms with Gasteiger partial charge in [0.25, 0.3) is 5.56 Å². The number of benzene rings is 1. The molecule has 0 amide bonds. The minimum Gasteiger partial charge on any atom is -0.497 e. The highest BCUT2D eigenvalue weighted by atomic mass is 79.9. The number of ether oxygens (including phenoxy) is 1. The number of pyridine rings is 1.